The number of aliphatic hydroxyl groups is 1. The van der Waals surface area contributed by atoms with Crippen molar-refractivity contribution in [2.45, 2.75) is 57.7 Å². The van der Waals surface area contributed by atoms with Gasteiger partial charge in [-0.1, -0.05) is 12.0 Å². The average molecular weight is 315 g/mol. The van der Waals surface area contributed by atoms with E-state index >= 15 is 0 Å². The van der Waals surface area contributed by atoms with Crippen LogP contribution in [0.15, 0.2) is 35.9 Å². The second kappa shape index (κ2) is 7.18. The largest absolute Gasteiger partial charge is 0.488 e. The van der Waals surface area contributed by atoms with Gasteiger partial charge in [0.1, 0.15) is 11.9 Å². The third kappa shape index (κ3) is 4.58. The number of ether oxygens (including phenoxy) is 1. The first-order valence-corrected chi connectivity index (χ1v) is 8.56. The third-order valence-corrected chi connectivity index (χ3v) is 4.66. The van der Waals surface area contributed by atoms with Crippen LogP contribution in [0.2, 0.25) is 0 Å². The molecule has 4 heteroatoms. The predicted molar refractivity (Wildman–Crippen MR) is 90.4 cm³/mol. The highest BCUT2D eigenvalue weighted by atomic mass is 16.5. The van der Waals surface area contributed by atoms with Crippen molar-refractivity contribution in [1.82, 2.24) is 0 Å². The fourth-order valence-electron chi connectivity index (χ4n) is 3.05. The van der Waals surface area contributed by atoms with Gasteiger partial charge in [0.05, 0.1) is 6.10 Å². The van der Waals surface area contributed by atoms with Gasteiger partial charge in [0, 0.05) is 11.8 Å². The summed E-state index contributed by atoms with van der Waals surface area (Å²) in [6, 6.07) is 7.36. The van der Waals surface area contributed by atoms with Gasteiger partial charge in [-0.25, -0.2) is 0 Å². The zero-order valence-electron chi connectivity index (χ0n) is 13.6. The minimum atomic E-state index is -0.376. The molecule has 0 saturated heterocycles. The summed E-state index contributed by atoms with van der Waals surface area (Å²) in [5.74, 6) is 1.27. The van der Waals surface area contributed by atoms with Gasteiger partial charge in [-0.15, -0.1) is 0 Å². The van der Waals surface area contributed by atoms with Crippen LogP contribution in [0.1, 0.15) is 45.4 Å². The van der Waals surface area contributed by atoms with Crippen molar-refractivity contribution in [3.63, 3.8) is 0 Å². The number of benzene rings is 1. The van der Waals surface area contributed by atoms with Gasteiger partial charge in [0.25, 0.3) is 0 Å². The lowest BCUT2D eigenvalue weighted by atomic mass is 9.95. The molecule has 1 amide bonds. The highest BCUT2D eigenvalue weighted by Crippen LogP contribution is 2.35. The Kier molecular flexibility index (Phi) is 5.01. The summed E-state index contributed by atoms with van der Waals surface area (Å²) in [6.07, 6.45) is 7.48. The van der Waals surface area contributed by atoms with Crippen LogP contribution in [-0.4, -0.2) is 23.2 Å². The van der Waals surface area contributed by atoms with Crippen molar-refractivity contribution in [3.05, 3.63) is 35.9 Å². The Hall–Kier alpha value is -1.81. The summed E-state index contributed by atoms with van der Waals surface area (Å²) in [7, 11) is 0. The zero-order chi connectivity index (χ0) is 16.2. The normalized spacial score (nSPS) is 25.0. The lowest BCUT2D eigenvalue weighted by Crippen LogP contribution is -2.34. The van der Waals surface area contributed by atoms with Crippen LogP contribution in [0.25, 0.3) is 0 Å². The summed E-state index contributed by atoms with van der Waals surface area (Å²) in [4.78, 5) is 11.9. The molecule has 1 aromatic rings. The average Bonchev–Trinajstić information content (AvgIpc) is 3.36. The highest BCUT2D eigenvalue weighted by molar-refractivity contribution is 5.99. The molecule has 124 valence electrons. The summed E-state index contributed by atoms with van der Waals surface area (Å²) in [6.45, 7) is 2.02. The van der Waals surface area contributed by atoms with E-state index in [9.17, 15) is 9.90 Å². The van der Waals surface area contributed by atoms with E-state index in [0.717, 1.165) is 42.7 Å². The molecule has 0 aromatic heterocycles. The number of carbonyl (C=O) groups excluding carboxylic acids is 1. The van der Waals surface area contributed by atoms with Crippen molar-refractivity contribution in [2.75, 3.05) is 5.32 Å². The Morgan fingerprint density at radius 2 is 1.87 bits per heavy atom. The molecule has 4 nitrogen and oxygen atoms in total. The molecule has 0 bridgehead atoms. The second-order valence-electron chi connectivity index (χ2n) is 6.68. The molecule has 0 spiro atoms. The smallest absolute Gasteiger partial charge is 0.248 e. The molecule has 2 saturated carbocycles. The van der Waals surface area contributed by atoms with Crippen LogP contribution in [0, 0.1) is 5.92 Å². The highest BCUT2D eigenvalue weighted by Gasteiger charge is 2.25. The standard InChI is InChI=1S/C19H25NO3/c1-13(14-6-7-14)12-19(22)20-15-8-10-16(11-9-15)23-18-5-3-2-4-17(18)21/h8-12,14,17-18,21H,2-7H2,1H3,(H,20,22)/b13-12-. The Morgan fingerprint density at radius 3 is 2.52 bits per heavy atom. The number of hydrogen-bond acceptors (Lipinski definition) is 3. The lowest BCUT2D eigenvalue weighted by molar-refractivity contribution is -0.112. The minimum absolute atomic E-state index is 0.0780. The van der Waals surface area contributed by atoms with Gasteiger partial charge < -0.3 is 15.2 Å². The van der Waals surface area contributed by atoms with E-state index in [1.165, 1.54) is 12.8 Å². The molecule has 1 aromatic carbocycles. The number of hydrogen-bond donors (Lipinski definition) is 2. The van der Waals surface area contributed by atoms with Crippen molar-refractivity contribution < 1.29 is 14.6 Å². The number of allylic oxidation sites excluding steroid dienone is 1. The molecule has 3 rings (SSSR count). The van der Waals surface area contributed by atoms with Gasteiger partial charge in [0.2, 0.25) is 5.91 Å². The van der Waals surface area contributed by atoms with Gasteiger partial charge in [-0.05, 0) is 69.2 Å². The summed E-state index contributed by atoms with van der Waals surface area (Å²) in [5.41, 5.74) is 1.92. The fraction of sp³-hybridized carbons (Fsp3) is 0.526. The van der Waals surface area contributed by atoms with Crippen LogP contribution in [0.5, 0.6) is 5.75 Å². The third-order valence-electron chi connectivity index (χ3n) is 4.66. The van der Waals surface area contributed by atoms with E-state index in [1.54, 1.807) is 6.08 Å². The summed E-state index contributed by atoms with van der Waals surface area (Å²) in [5, 5.41) is 12.8. The molecule has 2 N–H and O–H groups in total. The monoisotopic (exact) mass is 315 g/mol. The van der Waals surface area contributed by atoms with E-state index in [2.05, 4.69) is 5.32 Å². The molecule has 2 unspecified atom stereocenters. The predicted octanol–water partition coefficient (Wildman–Crippen LogP) is 3.66. The van der Waals surface area contributed by atoms with Crippen LogP contribution in [-0.2, 0) is 4.79 Å². The molecule has 2 atom stereocenters. The van der Waals surface area contributed by atoms with Crippen molar-refractivity contribution in [3.8, 4) is 5.75 Å². The van der Waals surface area contributed by atoms with Crippen LogP contribution < -0.4 is 10.1 Å². The number of aliphatic hydroxyl groups excluding tert-OH is 1. The van der Waals surface area contributed by atoms with Gasteiger partial charge in [0.15, 0.2) is 0 Å². The minimum Gasteiger partial charge on any atom is -0.488 e. The van der Waals surface area contributed by atoms with Gasteiger partial charge >= 0.3 is 0 Å². The lowest BCUT2D eigenvalue weighted by Gasteiger charge is -2.28. The maximum absolute atomic E-state index is 11.9. The Morgan fingerprint density at radius 1 is 1.17 bits per heavy atom. The van der Waals surface area contributed by atoms with E-state index in [-0.39, 0.29) is 18.1 Å². The van der Waals surface area contributed by atoms with Gasteiger partial charge in [-0.2, -0.15) is 0 Å². The molecule has 0 radical (unpaired) electrons. The number of carbonyl (C=O) groups is 1. The van der Waals surface area contributed by atoms with E-state index in [0.29, 0.717) is 5.92 Å². The maximum Gasteiger partial charge on any atom is 0.248 e. The summed E-state index contributed by atoms with van der Waals surface area (Å²) < 4.78 is 5.86. The molecule has 0 heterocycles. The number of rotatable bonds is 5. The fourth-order valence-corrected chi connectivity index (χ4v) is 3.05. The van der Waals surface area contributed by atoms with E-state index in [1.807, 2.05) is 31.2 Å². The van der Waals surface area contributed by atoms with Crippen molar-refractivity contribution in [2.24, 2.45) is 5.92 Å². The zero-order valence-corrected chi connectivity index (χ0v) is 13.6. The molecule has 2 fully saturated rings. The first-order valence-electron chi connectivity index (χ1n) is 8.56. The van der Waals surface area contributed by atoms with Crippen molar-refractivity contribution >= 4 is 11.6 Å². The van der Waals surface area contributed by atoms with Gasteiger partial charge in [-0.3, -0.25) is 4.79 Å². The topological polar surface area (TPSA) is 58.6 Å². The summed E-state index contributed by atoms with van der Waals surface area (Å²) >= 11 is 0. The second-order valence-corrected chi connectivity index (χ2v) is 6.68. The molecular weight excluding hydrogens is 290 g/mol. The maximum atomic E-state index is 11.9. The molecule has 2 aliphatic carbocycles. The Bertz CT molecular complexity index is 575. The SMILES string of the molecule is C/C(=C/C(=O)Nc1ccc(OC2CCCCC2O)cc1)C1CC1. The number of anilines is 1. The Balaban J connectivity index is 1.54. The van der Waals surface area contributed by atoms with E-state index in [4.69, 9.17) is 4.74 Å². The molecular formula is C19H25NO3. The van der Waals surface area contributed by atoms with E-state index < -0.39 is 0 Å². The first kappa shape index (κ1) is 16.1. The van der Waals surface area contributed by atoms with Crippen LogP contribution in [0.3, 0.4) is 0 Å². The molecule has 0 aliphatic heterocycles. The first-order chi connectivity index (χ1) is 11.1. The quantitative estimate of drug-likeness (QED) is 0.815. The number of amides is 1. The van der Waals surface area contributed by atoms with Crippen molar-refractivity contribution in [1.29, 1.82) is 0 Å². The number of nitrogens with one attached hydrogen (secondary N) is 1. The van der Waals surface area contributed by atoms with Crippen LogP contribution >= 0.6 is 0 Å². The molecule has 2 aliphatic rings. The molecule has 23 heavy (non-hydrogen) atoms. The Labute approximate surface area is 137 Å². The van der Waals surface area contributed by atoms with Crippen LogP contribution in [0.4, 0.5) is 5.69 Å².